The van der Waals surface area contributed by atoms with Crippen LogP contribution in [-0.4, -0.2) is 28.3 Å². The summed E-state index contributed by atoms with van der Waals surface area (Å²) >= 11 is 0. The van der Waals surface area contributed by atoms with E-state index >= 15 is 0 Å². The van der Waals surface area contributed by atoms with Crippen LogP contribution in [0.5, 0.6) is 0 Å². The number of nitrogens with two attached hydrogens (primary N) is 1. The van der Waals surface area contributed by atoms with E-state index in [0.29, 0.717) is 18.8 Å². The molecular formula is C13H31NO3. The van der Waals surface area contributed by atoms with Crippen molar-refractivity contribution in [2.75, 3.05) is 6.61 Å². The maximum absolute atomic E-state index is 9.90. The Hall–Kier alpha value is -0.610. The van der Waals surface area contributed by atoms with Crippen LogP contribution < -0.4 is 5.73 Å². The zero-order valence-electron chi connectivity index (χ0n) is 12.3. The van der Waals surface area contributed by atoms with E-state index < -0.39 is 5.97 Å². The summed E-state index contributed by atoms with van der Waals surface area (Å²) in [6, 6.07) is 0. The molecule has 0 unspecified atom stereocenters. The Kier molecular flexibility index (Phi) is 17.1. The number of aliphatic carboxylic acids is 1. The van der Waals surface area contributed by atoms with E-state index in [4.69, 9.17) is 15.9 Å². The summed E-state index contributed by atoms with van der Waals surface area (Å²) in [5.41, 5.74) is 5.29. The normalized spacial score (nSPS) is 9.94. The molecular weight excluding hydrogens is 218 g/mol. The molecule has 0 amide bonds. The molecule has 0 saturated heterocycles. The summed E-state index contributed by atoms with van der Waals surface area (Å²) in [4.78, 5) is 9.90. The van der Waals surface area contributed by atoms with Crippen molar-refractivity contribution in [1.82, 2.24) is 0 Å². The lowest BCUT2D eigenvalue weighted by Crippen LogP contribution is -2.32. The molecule has 0 aromatic heterocycles. The number of carbonyl (C=O) groups is 1. The second-order valence-corrected chi connectivity index (χ2v) is 4.79. The van der Waals surface area contributed by atoms with Crippen LogP contribution in [0.25, 0.3) is 0 Å². The molecule has 0 radical (unpaired) electrons. The van der Waals surface area contributed by atoms with Crippen molar-refractivity contribution in [3.8, 4) is 0 Å². The van der Waals surface area contributed by atoms with Gasteiger partial charge in [0.05, 0.1) is 0 Å². The van der Waals surface area contributed by atoms with E-state index in [9.17, 15) is 4.79 Å². The molecule has 17 heavy (non-hydrogen) atoms. The van der Waals surface area contributed by atoms with E-state index in [2.05, 4.69) is 0 Å². The highest BCUT2D eigenvalue weighted by molar-refractivity contribution is 5.66. The lowest BCUT2D eigenvalue weighted by atomic mass is 10.0. The summed E-state index contributed by atoms with van der Waals surface area (Å²) in [5.74, 6) is -0.190. The van der Waals surface area contributed by atoms with Crippen LogP contribution in [0.1, 0.15) is 60.8 Å². The monoisotopic (exact) mass is 249 g/mol. The van der Waals surface area contributed by atoms with Crippen LogP contribution in [0.4, 0.5) is 0 Å². The maximum Gasteiger partial charge on any atom is 0.303 e. The predicted molar refractivity (Wildman–Crippen MR) is 73.0 cm³/mol. The summed E-state index contributed by atoms with van der Waals surface area (Å²) in [7, 11) is 0. The SMILES string of the molecule is CC.CC(C)(N)CCO.CC(C)CCC(=O)O. The van der Waals surface area contributed by atoms with Crippen LogP contribution in [-0.2, 0) is 4.79 Å². The molecule has 0 aliphatic heterocycles. The van der Waals surface area contributed by atoms with Crippen molar-refractivity contribution >= 4 is 5.97 Å². The first-order chi connectivity index (χ1) is 7.69. The molecule has 4 nitrogen and oxygen atoms in total. The Labute approximate surface area is 106 Å². The molecule has 0 saturated carbocycles. The van der Waals surface area contributed by atoms with Gasteiger partial charge in [0.1, 0.15) is 0 Å². The first kappa shape index (κ1) is 21.7. The van der Waals surface area contributed by atoms with Gasteiger partial charge in [0.2, 0.25) is 0 Å². The molecule has 0 aliphatic rings. The highest BCUT2D eigenvalue weighted by Gasteiger charge is 2.07. The number of carboxylic acids is 1. The molecule has 0 aliphatic carbocycles. The maximum atomic E-state index is 9.90. The van der Waals surface area contributed by atoms with Gasteiger partial charge in [-0.3, -0.25) is 4.79 Å². The smallest absolute Gasteiger partial charge is 0.303 e. The van der Waals surface area contributed by atoms with Crippen molar-refractivity contribution in [1.29, 1.82) is 0 Å². The van der Waals surface area contributed by atoms with Crippen LogP contribution in [0, 0.1) is 5.92 Å². The lowest BCUT2D eigenvalue weighted by Gasteiger charge is -2.15. The molecule has 0 aromatic rings. The number of hydrogen-bond acceptors (Lipinski definition) is 3. The average Bonchev–Trinajstić information content (AvgIpc) is 2.17. The van der Waals surface area contributed by atoms with Crippen LogP contribution in [0.2, 0.25) is 0 Å². The number of rotatable bonds is 5. The summed E-state index contributed by atoms with van der Waals surface area (Å²) in [5, 5.41) is 16.5. The number of aliphatic hydroxyl groups is 1. The van der Waals surface area contributed by atoms with Gasteiger partial charge in [-0.15, -0.1) is 0 Å². The minimum atomic E-state index is -0.696. The average molecular weight is 249 g/mol. The first-order valence-corrected chi connectivity index (χ1v) is 6.30. The molecule has 0 aromatic carbocycles. The molecule has 106 valence electrons. The molecule has 4 heteroatoms. The largest absolute Gasteiger partial charge is 0.481 e. The summed E-state index contributed by atoms with van der Waals surface area (Å²) < 4.78 is 0. The van der Waals surface area contributed by atoms with Crippen LogP contribution in [0.15, 0.2) is 0 Å². The Morgan fingerprint density at radius 3 is 1.76 bits per heavy atom. The molecule has 0 fully saturated rings. The molecule has 0 heterocycles. The molecule has 0 rings (SSSR count). The van der Waals surface area contributed by atoms with Gasteiger partial charge in [-0.1, -0.05) is 27.7 Å². The van der Waals surface area contributed by atoms with Gasteiger partial charge in [-0.2, -0.15) is 0 Å². The lowest BCUT2D eigenvalue weighted by molar-refractivity contribution is -0.137. The van der Waals surface area contributed by atoms with Crippen molar-refractivity contribution in [2.24, 2.45) is 11.7 Å². The van der Waals surface area contributed by atoms with E-state index in [-0.39, 0.29) is 12.1 Å². The van der Waals surface area contributed by atoms with Crippen molar-refractivity contribution in [3.63, 3.8) is 0 Å². The molecule has 4 N–H and O–H groups in total. The van der Waals surface area contributed by atoms with Gasteiger partial charge >= 0.3 is 5.97 Å². The highest BCUT2D eigenvalue weighted by Crippen LogP contribution is 2.02. The van der Waals surface area contributed by atoms with E-state index in [1.807, 2.05) is 41.5 Å². The van der Waals surface area contributed by atoms with Crippen LogP contribution >= 0.6 is 0 Å². The molecule has 0 spiro atoms. The highest BCUT2D eigenvalue weighted by atomic mass is 16.4. The van der Waals surface area contributed by atoms with E-state index in [1.54, 1.807) is 0 Å². The second-order valence-electron chi connectivity index (χ2n) is 4.79. The van der Waals surface area contributed by atoms with Gasteiger partial charge in [-0.25, -0.2) is 0 Å². The van der Waals surface area contributed by atoms with Crippen molar-refractivity contribution in [2.45, 2.75) is 66.3 Å². The third kappa shape index (κ3) is 39.2. The zero-order valence-corrected chi connectivity index (χ0v) is 12.3. The Morgan fingerprint density at radius 2 is 1.71 bits per heavy atom. The number of aliphatic hydroxyl groups excluding tert-OH is 1. The fraction of sp³-hybridized carbons (Fsp3) is 0.923. The molecule has 0 atom stereocenters. The van der Waals surface area contributed by atoms with Crippen molar-refractivity contribution in [3.05, 3.63) is 0 Å². The van der Waals surface area contributed by atoms with Gasteiger partial charge < -0.3 is 15.9 Å². The van der Waals surface area contributed by atoms with Crippen molar-refractivity contribution < 1.29 is 15.0 Å². The summed E-state index contributed by atoms with van der Waals surface area (Å²) in [6.45, 7) is 12.0. The fourth-order valence-electron chi connectivity index (χ4n) is 0.700. The zero-order chi connectivity index (χ0) is 14.5. The Bertz CT molecular complexity index is 163. The topological polar surface area (TPSA) is 83.5 Å². The number of carboxylic acid groups (broad SMARTS) is 1. The third-order valence-electron chi connectivity index (χ3n) is 1.69. The van der Waals surface area contributed by atoms with Gasteiger partial charge in [0.15, 0.2) is 0 Å². The van der Waals surface area contributed by atoms with Gasteiger partial charge in [0, 0.05) is 18.6 Å². The molecule has 0 bridgehead atoms. The number of hydrogen-bond donors (Lipinski definition) is 3. The third-order valence-corrected chi connectivity index (χ3v) is 1.69. The predicted octanol–water partition coefficient (Wildman–Crippen LogP) is 2.64. The van der Waals surface area contributed by atoms with E-state index in [1.165, 1.54) is 0 Å². The quantitative estimate of drug-likeness (QED) is 0.699. The fourth-order valence-corrected chi connectivity index (χ4v) is 0.700. The van der Waals surface area contributed by atoms with Gasteiger partial charge in [-0.05, 0) is 32.6 Å². The minimum absolute atomic E-state index is 0.184. The van der Waals surface area contributed by atoms with Crippen LogP contribution in [0.3, 0.4) is 0 Å². The Morgan fingerprint density at radius 1 is 1.29 bits per heavy atom. The second kappa shape index (κ2) is 13.5. The minimum Gasteiger partial charge on any atom is -0.481 e. The van der Waals surface area contributed by atoms with Gasteiger partial charge in [0.25, 0.3) is 0 Å². The first-order valence-electron chi connectivity index (χ1n) is 6.30. The standard InChI is InChI=1S/C6H12O2.C5H13NO.C2H6/c1-5(2)3-4-6(7)8;1-5(2,6)3-4-7;1-2/h5H,3-4H2,1-2H3,(H,7,8);7H,3-4,6H2,1-2H3;1-2H3. The summed E-state index contributed by atoms with van der Waals surface area (Å²) in [6.07, 6.45) is 1.76. The van der Waals surface area contributed by atoms with E-state index in [0.717, 1.165) is 6.42 Å². The Balaban J connectivity index is -0.000000202.